The van der Waals surface area contributed by atoms with Crippen LogP contribution in [0.25, 0.3) is 17.2 Å². The molecule has 0 amide bonds. The quantitative estimate of drug-likeness (QED) is 0.513. The van der Waals surface area contributed by atoms with Gasteiger partial charge in [-0.1, -0.05) is 0 Å². The van der Waals surface area contributed by atoms with Crippen LogP contribution >= 0.6 is 0 Å². The normalized spacial score (nSPS) is 18.9. The topological polar surface area (TPSA) is 0 Å². The van der Waals surface area contributed by atoms with Crippen LogP contribution in [0.5, 0.6) is 0 Å². The maximum absolute atomic E-state index is 2.57. The van der Waals surface area contributed by atoms with Gasteiger partial charge in [-0.05, 0) is 0 Å². The molecule has 3 aromatic rings. The van der Waals surface area contributed by atoms with Crippen LogP contribution in [0.3, 0.4) is 0 Å². The molecule has 0 saturated carbocycles. The standard InChI is InChI=1S/C13H9.C9H7.C2H4.2ClH.Zr/c1-3-7-12-10(5-1)9-11-6-2-4-8-13(11)12;1-2-5-9-7-3-6-8(9)4-1;1-2;;;/h1-9H;1-7H;1-2H2;2*1H;/q;;;;;+2/p-2. The molecule has 2 aliphatic carbocycles. The van der Waals surface area contributed by atoms with E-state index in [1.165, 1.54) is 24.9 Å². The molecule has 3 aliphatic rings. The zero-order chi connectivity index (χ0) is 16.4. The minimum absolute atomic E-state index is 0. The van der Waals surface area contributed by atoms with Crippen molar-refractivity contribution in [2.75, 3.05) is 0 Å². The molecule has 1 saturated heterocycles. The van der Waals surface area contributed by atoms with Crippen molar-refractivity contribution in [2.45, 2.75) is 15.5 Å². The van der Waals surface area contributed by atoms with Crippen molar-refractivity contribution < 1.29 is 45.1 Å². The van der Waals surface area contributed by atoms with E-state index in [4.69, 9.17) is 0 Å². The summed E-state index contributed by atoms with van der Waals surface area (Å²) >= 11 is -2.34. The fourth-order valence-corrected chi connectivity index (χ4v) is 21.8. The van der Waals surface area contributed by atoms with Crippen LogP contribution in [-0.4, -0.2) is 0 Å². The van der Waals surface area contributed by atoms with E-state index >= 15 is 0 Å². The number of halogens is 2. The van der Waals surface area contributed by atoms with Crippen LogP contribution in [0.2, 0.25) is 8.26 Å². The smallest absolute Gasteiger partial charge is 1.00 e. The molecule has 0 N–H and O–H groups in total. The molecule has 1 atom stereocenters. The first-order valence-electron chi connectivity index (χ1n) is 9.34. The van der Waals surface area contributed by atoms with E-state index in [0.29, 0.717) is 0 Å². The van der Waals surface area contributed by atoms with E-state index in [0.717, 1.165) is 7.25 Å². The molecule has 0 nitrogen and oxygen atoms in total. The van der Waals surface area contributed by atoms with Crippen LogP contribution in [-0.2, 0) is 20.3 Å². The van der Waals surface area contributed by atoms with Crippen molar-refractivity contribution in [1.82, 2.24) is 0 Å². The zero-order valence-electron chi connectivity index (χ0n) is 14.9. The first kappa shape index (κ1) is 19.2. The van der Waals surface area contributed by atoms with E-state index in [-0.39, 0.29) is 24.8 Å². The molecule has 1 aliphatic heterocycles. The summed E-state index contributed by atoms with van der Waals surface area (Å²) in [6, 6.07) is 27.5. The molecule has 0 radical (unpaired) electrons. The van der Waals surface area contributed by atoms with Crippen molar-refractivity contribution in [3.63, 3.8) is 0 Å². The van der Waals surface area contributed by atoms with Crippen molar-refractivity contribution >= 4 is 6.08 Å². The van der Waals surface area contributed by atoms with Crippen LogP contribution in [0.15, 0.2) is 78.9 Å². The van der Waals surface area contributed by atoms with Gasteiger partial charge in [-0.2, -0.15) is 0 Å². The zero-order valence-corrected chi connectivity index (χ0v) is 18.9. The number of rotatable bonds is 2. The van der Waals surface area contributed by atoms with E-state index in [9.17, 15) is 0 Å². The molecule has 0 spiro atoms. The third-order valence-electron chi connectivity index (χ3n) is 6.65. The van der Waals surface area contributed by atoms with Crippen LogP contribution in [0, 0.1) is 0 Å². The van der Waals surface area contributed by atoms with Crippen molar-refractivity contribution in [2.24, 2.45) is 0 Å². The predicted octanol–water partition coefficient (Wildman–Crippen LogP) is 0.537. The van der Waals surface area contributed by atoms with Crippen molar-refractivity contribution in [3.8, 4) is 11.1 Å². The van der Waals surface area contributed by atoms with Gasteiger partial charge in [-0.3, -0.25) is 0 Å². The Bertz CT molecular complexity index is 990. The molecule has 1 heterocycles. The Kier molecular flexibility index (Phi) is 5.00. The molecule has 1 fully saturated rings. The van der Waals surface area contributed by atoms with Crippen LogP contribution in [0.1, 0.15) is 29.5 Å². The fourth-order valence-electron chi connectivity index (χ4n) is 5.45. The summed E-state index contributed by atoms with van der Waals surface area (Å²) in [5, 5.41) is 0. The maximum atomic E-state index is 2.57. The largest absolute Gasteiger partial charge is 1.00 e. The third kappa shape index (κ3) is 2.66. The Hall–Kier alpha value is -1.14. The van der Waals surface area contributed by atoms with Gasteiger partial charge in [-0.25, -0.2) is 0 Å². The monoisotopic (exact) mass is 468 g/mol. The van der Waals surface area contributed by atoms with Gasteiger partial charge in [-0.15, -0.1) is 0 Å². The molecule has 1 unspecified atom stereocenters. The molecule has 134 valence electrons. The molecule has 0 bridgehead atoms. The van der Waals surface area contributed by atoms with Gasteiger partial charge < -0.3 is 24.8 Å². The van der Waals surface area contributed by atoms with Crippen molar-refractivity contribution in [3.05, 3.63) is 101 Å². The van der Waals surface area contributed by atoms with E-state index in [1.54, 1.807) is 16.7 Å². The number of fused-ring (bicyclic) bond motifs is 4. The van der Waals surface area contributed by atoms with Gasteiger partial charge in [0.25, 0.3) is 0 Å². The van der Waals surface area contributed by atoms with Gasteiger partial charge >= 0.3 is 154 Å². The van der Waals surface area contributed by atoms with Crippen LogP contribution in [0.4, 0.5) is 0 Å². The summed E-state index contributed by atoms with van der Waals surface area (Å²) in [4.78, 5) is 0. The van der Waals surface area contributed by atoms with Gasteiger partial charge in [0.1, 0.15) is 0 Å². The minimum Gasteiger partial charge on any atom is -1.00 e. The van der Waals surface area contributed by atoms with Crippen molar-refractivity contribution in [1.29, 1.82) is 0 Å². The van der Waals surface area contributed by atoms with E-state index in [1.807, 2.05) is 0 Å². The Morgan fingerprint density at radius 3 is 1.74 bits per heavy atom. The summed E-state index contributed by atoms with van der Waals surface area (Å²) in [6.45, 7) is 0. The van der Waals surface area contributed by atoms with Gasteiger partial charge in [0.2, 0.25) is 0 Å². The van der Waals surface area contributed by atoms with Crippen LogP contribution < -0.4 is 24.8 Å². The first-order valence-corrected chi connectivity index (χ1v) is 15.7. The summed E-state index contributed by atoms with van der Waals surface area (Å²) in [5.41, 5.74) is 9.36. The van der Waals surface area contributed by atoms with Gasteiger partial charge in [0, 0.05) is 0 Å². The predicted molar refractivity (Wildman–Crippen MR) is 102 cm³/mol. The number of hydrogen-bond donors (Lipinski definition) is 0. The Balaban J connectivity index is 0.000000900. The van der Waals surface area contributed by atoms with Gasteiger partial charge in [0.05, 0.1) is 0 Å². The number of allylic oxidation sites excluding steroid dienone is 1. The minimum atomic E-state index is -2.34. The average Bonchev–Trinajstić information content (AvgIpc) is 3.21. The second kappa shape index (κ2) is 7.03. The molecule has 6 rings (SSSR count). The summed E-state index contributed by atoms with van der Waals surface area (Å²) in [6.07, 6.45) is 4.96. The third-order valence-corrected chi connectivity index (χ3v) is 19.4. The van der Waals surface area contributed by atoms with Gasteiger partial charge in [0.15, 0.2) is 0 Å². The first-order chi connectivity index (χ1) is 12.4. The summed E-state index contributed by atoms with van der Waals surface area (Å²) < 4.78 is 4.56. The maximum Gasteiger partial charge on any atom is -1.00 e. The molecule has 27 heavy (non-hydrogen) atoms. The number of benzene rings is 3. The van der Waals surface area contributed by atoms with E-state index in [2.05, 4.69) is 84.9 Å². The summed E-state index contributed by atoms with van der Waals surface area (Å²) in [5.74, 6) is 0. The Labute approximate surface area is 177 Å². The Morgan fingerprint density at radius 2 is 1.15 bits per heavy atom. The molecule has 0 aromatic heterocycles. The molecular formula is C24H20Cl2Zr. The molecular weight excluding hydrogens is 450 g/mol. The number of hydrogen-bond acceptors (Lipinski definition) is 0. The Morgan fingerprint density at radius 1 is 0.630 bits per heavy atom. The average molecular weight is 471 g/mol. The fraction of sp³-hybridized carbons (Fsp3) is 0.167. The summed E-state index contributed by atoms with van der Waals surface area (Å²) in [7, 11) is 0. The second-order valence-electron chi connectivity index (χ2n) is 7.81. The van der Waals surface area contributed by atoms with E-state index < -0.39 is 20.3 Å². The molecule has 3 aromatic carbocycles. The molecule has 3 heteroatoms. The second-order valence-corrected chi connectivity index (χ2v) is 19.3. The SMILES string of the molecule is C1=C[CH]([Zr+2]2([CH]3c4ccccc4-c4ccccc43)[CH2][CH2]2)c2ccccc21.[Cl-].[Cl-].